The van der Waals surface area contributed by atoms with E-state index in [1.54, 1.807) is 0 Å². The highest BCUT2D eigenvalue weighted by Crippen LogP contribution is 2.49. The van der Waals surface area contributed by atoms with Crippen LogP contribution in [0.15, 0.2) is 24.3 Å². The van der Waals surface area contributed by atoms with E-state index in [0.717, 1.165) is 12.1 Å². The van der Waals surface area contributed by atoms with Gasteiger partial charge in [0.2, 0.25) is 0 Å². The molecule has 21 heavy (non-hydrogen) atoms. The molecule has 114 valence electrons. The zero-order valence-corrected chi connectivity index (χ0v) is 10.8. The van der Waals surface area contributed by atoms with Gasteiger partial charge in [-0.1, -0.05) is 18.2 Å². The van der Waals surface area contributed by atoms with E-state index in [9.17, 15) is 27.2 Å². The highest BCUT2D eigenvalue weighted by Gasteiger charge is 2.65. The molecule has 2 unspecified atom stereocenters. The molecule has 1 aliphatic heterocycles. The molecule has 0 aromatic heterocycles. The van der Waals surface area contributed by atoms with Gasteiger partial charge in [-0.3, -0.25) is 4.79 Å². The van der Waals surface area contributed by atoms with E-state index in [1.807, 2.05) is 0 Å². The summed E-state index contributed by atoms with van der Waals surface area (Å²) >= 11 is 0. The number of likely N-dealkylation sites (tertiary alicyclic amines) is 1. The average molecular weight is 305 g/mol. The van der Waals surface area contributed by atoms with Crippen molar-refractivity contribution in [2.45, 2.75) is 31.0 Å². The van der Waals surface area contributed by atoms with E-state index >= 15 is 0 Å². The monoisotopic (exact) mass is 305 g/mol. The second kappa shape index (κ2) is 4.71. The van der Waals surface area contributed by atoms with E-state index in [0.29, 0.717) is 6.92 Å². The average Bonchev–Trinajstić information content (AvgIpc) is 2.36. The molecule has 0 radical (unpaired) electrons. The molecule has 0 saturated carbocycles. The second-order valence-electron chi connectivity index (χ2n) is 4.88. The quantitative estimate of drug-likeness (QED) is 0.812. The predicted octanol–water partition coefficient (Wildman–Crippen LogP) is 2.92. The van der Waals surface area contributed by atoms with Crippen molar-refractivity contribution in [3.63, 3.8) is 0 Å². The first-order chi connectivity index (χ1) is 9.63. The smallest absolute Gasteiger partial charge is 0.415 e. The highest BCUT2D eigenvalue weighted by atomic mass is 19.3. The minimum atomic E-state index is -3.96. The number of amides is 2. The lowest BCUT2D eigenvalue weighted by Crippen LogP contribution is -2.66. The summed E-state index contributed by atoms with van der Waals surface area (Å²) in [6, 6.07) is 4.27. The van der Waals surface area contributed by atoms with Crippen LogP contribution in [0.25, 0.3) is 0 Å². The lowest BCUT2D eigenvalue weighted by molar-refractivity contribution is -0.192. The van der Waals surface area contributed by atoms with E-state index in [1.165, 1.54) is 12.1 Å². The lowest BCUT2D eigenvalue weighted by Gasteiger charge is -2.47. The molecule has 1 aliphatic rings. The number of rotatable bonds is 1. The first-order valence-corrected chi connectivity index (χ1v) is 5.97. The van der Waals surface area contributed by atoms with Crippen molar-refractivity contribution < 1.29 is 32.3 Å². The van der Waals surface area contributed by atoms with Crippen molar-refractivity contribution in [3.8, 4) is 0 Å². The molecule has 1 aromatic carbocycles. The number of carbonyl (C=O) groups is 2. The van der Waals surface area contributed by atoms with Crippen LogP contribution in [0.3, 0.4) is 0 Å². The number of imide groups is 1. The summed E-state index contributed by atoms with van der Waals surface area (Å²) in [5.74, 6) is -6.68. The largest absolute Gasteiger partial charge is 0.465 e. The Bertz CT molecular complexity index is 607. The fraction of sp³-hybridized carbons (Fsp3) is 0.385. The summed E-state index contributed by atoms with van der Waals surface area (Å²) in [5.41, 5.74) is -3.50. The van der Waals surface area contributed by atoms with Crippen LogP contribution in [-0.4, -0.2) is 34.1 Å². The van der Waals surface area contributed by atoms with Crippen LogP contribution < -0.4 is 0 Å². The Hall–Kier alpha value is -2.12. The molecular weight excluding hydrogens is 294 g/mol. The SMILES string of the molecule is CC1(c2ccccc2F)N(C(=O)O)C(=O)C(F)CC1(F)F. The summed E-state index contributed by atoms with van der Waals surface area (Å²) in [5, 5.41) is 9.03. The number of alkyl halides is 3. The molecule has 1 aromatic rings. The Balaban J connectivity index is 2.73. The topological polar surface area (TPSA) is 57.6 Å². The van der Waals surface area contributed by atoms with Crippen LogP contribution in [0, 0.1) is 5.82 Å². The fourth-order valence-corrected chi connectivity index (χ4v) is 2.49. The molecule has 1 saturated heterocycles. The van der Waals surface area contributed by atoms with Gasteiger partial charge < -0.3 is 5.11 Å². The van der Waals surface area contributed by atoms with Gasteiger partial charge in [0.1, 0.15) is 11.4 Å². The van der Waals surface area contributed by atoms with Crippen LogP contribution in [-0.2, 0) is 10.3 Å². The summed E-state index contributed by atoms with van der Waals surface area (Å²) in [6.07, 6.45) is -6.22. The molecule has 8 heteroatoms. The van der Waals surface area contributed by atoms with E-state index < -0.39 is 47.4 Å². The molecule has 0 bridgehead atoms. The summed E-state index contributed by atoms with van der Waals surface area (Å²) in [7, 11) is 0. The Morgan fingerprint density at radius 1 is 1.38 bits per heavy atom. The van der Waals surface area contributed by atoms with Crippen LogP contribution in [0.1, 0.15) is 18.9 Å². The predicted molar refractivity (Wildman–Crippen MR) is 63.1 cm³/mol. The molecule has 2 rings (SSSR count). The molecule has 0 aliphatic carbocycles. The number of halogens is 4. The minimum absolute atomic E-state index is 0.320. The van der Waals surface area contributed by atoms with Crippen LogP contribution in [0.5, 0.6) is 0 Å². The summed E-state index contributed by atoms with van der Waals surface area (Å²) in [6.45, 7) is 0.712. The van der Waals surface area contributed by atoms with Crippen molar-refractivity contribution in [1.29, 1.82) is 0 Å². The third kappa shape index (κ3) is 2.05. The molecule has 1 fully saturated rings. The molecule has 2 atom stereocenters. The molecule has 4 nitrogen and oxygen atoms in total. The maximum absolute atomic E-state index is 14.3. The number of piperidine rings is 1. The zero-order valence-electron chi connectivity index (χ0n) is 10.8. The Kier molecular flexibility index (Phi) is 3.43. The summed E-state index contributed by atoms with van der Waals surface area (Å²) in [4.78, 5) is 22.5. The Morgan fingerprint density at radius 3 is 2.48 bits per heavy atom. The standard InChI is InChI=1S/C13H11F4NO3/c1-12(7-4-2-3-5-8(7)14)13(16,17)6-9(15)10(19)18(12)11(20)21/h2-5,9H,6H2,1H3,(H,20,21). The number of hydrogen-bond donors (Lipinski definition) is 1. The first-order valence-electron chi connectivity index (χ1n) is 5.97. The minimum Gasteiger partial charge on any atom is -0.465 e. The maximum atomic E-state index is 14.3. The Morgan fingerprint density at radius 2 is 1.95 bits per heavy atom. The van der Waals surface area contributed by atoms with Gasteiger partial charge in [-0.2, -0.15) is 0 Å². The molecule has 1 heterocycles. The third-order valence-electron chi connectivity index (χ3n) is 3.67. The number of carbonyl (C=O) groups excluding carboxylic acids is 1. The van der Waals surface area contributed by atoms with Gasteiger partial charge in [0.05, 0.1) is 6.42 Å². The highest BCUT2D eigenvalue weighted by molar-refractivity contribution is 5.96. The van der Waals surface area contributed by atoms with Crippen molar-refractivity contribution in [3.05, 3.63) is 35.6 Å². The van der Waals surface area contributed by atoms with Crippen molar-refractivity contribution >= 4 is 12.0 Å². The van der Waals surface area contributed by atoms with Crippen LogP contribution in [0.4, 0.5) is 22.4 Å². The number of hydrogen-bond acceptors (Lipinski definition) is 2. The number of benzene rings is 1. The fourth-order valence-electron chi connectivity index (χ4n) is 2.49. The second-order valence-corrected chi connectivity index (χ2v) is 4.88. The van der Waals surface area contributed by atoms with Gasteiger partial charge in [0.15, 0.2) is 6.17 Å². The number of nitrogens with zero attached hydrogens (tertiary/aromatic N) is 1. The third-order valence-corrected chi connectivity index (χ3v) is 3.67. The molecule has 2 amide bonds. The normalized spacial score (nSPS) is 28.5. The van der Waals surface area contributed by atoms with Crippen LogP contribution >= 0.6 is 0 Å². The van der Waals surface area contributed by atoms with Gasteiger partial charge in [-0.05, 0) is 13.0 Å². The first kappa shape index (κ1) is 15.3. The maximum Gasteiger partial charge on any atom is 0.415 e. The van der Waals surface area contributed by atoms with Crippen molar-refractivity contribution in [2.75, 3.05) is 0 Å². The van der Waals surface area contributed by atoms with Crippen LogP contribution in [0.2, 0.25) is 0 Å². The van der Waals surface area contributed by atoms with E-state index in [-0.39, 0.29) is 4.90 Å². The van der Waals surface area contributed by atoms with Gasteiger partial charge >= 0.3 is 6.09 Å². The molecule has 0 spiro atoms. The van der Waals surface area contributed by atoms with Crippen molar-refractivity contribution in [1.82, 2.24) is 4.90 Å². The van der Waals surface area contributed by atoms with E-state index in [2.05, 4.69) is 0 Å². The van der Waals surface area contributed by atoms with E-state index in [4.69, 9.17) is 5.11 Å². The van der Waals surface area contributed by atoms with Gasteiger partial charge in [-0.15, -0.1) is 0 Å². The van der Waals surface area contributed by atoms with Gasteiger partial charge in [0.25, 0.3) is 11.8 Å². The lowest BCUT2D eigenvalue weighted by atomic mass is 9.77. The Labute approximate surface area is 117 Å². The van der Waals surface area contributed by atoms with Crippen molar-refractivity contribution in [2.24, 2.45) is 0 Å². The van der Waals surface area contributed by atoms with Gasteiger partial charge in [-0.25, -0.2) is 27.3 Å². The zero-order chi connectivity index (χ0) is 16.0. The molecular formula is C13H11F4NO3. The van der Waals surface area contributed by atoms with Gasteiger partial charge in [0, 0.05) is 5.56 Å². The number of carboxylic acid groups (broad SMARTS) is 1. The molecule has 1 N–H and O–H groups in total. The summed E-state index contributed by atoms with van der Waals surface area (Å²) < 4.78 is 55.9.